The molecule has 1 N–H and O–H groups in total. The Labute approximate surface area is 162 Å². The molecule has 0 radical (unpaired) electrons. The van der Waals surface area contributed by atoms with Crippen molar-refractivity contribution in [2.45, 2.75) is 33.9 Å². The molecular weight excluding hydrogens is 336 g/mol. The summed E-state index contributed by atoms with van der Waals surface area (Å²) in [4.78, 5) is 14.6. The summed E-state index contributed by atoms with van der Waals surface area (Å²) in [6, 6.07) is 14.2. The third-order valence-electron chi connectivity index (χ3n) is 4.66. The minimum absolute atomic E-state index is 0.115. The Hall–Kier alpha value is -2.59. The van der Waals surface area contributed by atoms with E-state index >= 15 is 0 Å². The SMILES string of the molecule is CCN(CC)Cc1ccccc1CNC(=O)/C=C/c1cc(C)ccc1OC. The molecule has 1 amide bonds. The minimum Gasteiger partial charge on any atom is -0.496 e. The van der Waals surface area contributed by atoms with E-state index in [9.17, 15) is 4.79 Å². The van der Waals surface area contributed by atoms with Gasteiger partial charge in [-0.1, -0.05) is 49.7 Å². The fourth-order valence-corrected chi connectivity index (χ4v) is 2.96. The average molecular weight is 367 g/mol. The molecular formula is C23H30N2O2. The van der Waals surface area contributed by atoms with E-state index < -0.39 is 0 Å². The molecule has 0 aliphatic rings. The third-order valence-corrected chi connectivity index (χ3v) is 4.66. The van der Waals surface area contributed by atoms with Gasteiger partial charge in [0.25, 0.3) is 0 Å². The minimum atomic E-state index is -0.115. The van der Waals surface area contributed by atoms with Crippen LogP contribution in [-0.4, -0.2) is 31.0 Å². The van der Waals surface area contributed by atoms with Crippen molar-refractivity contribution in [3.63, 3.8) is 0 Å². The highest BCUT2D eigenvalue weighted by atomic mass is 16.5. The number of carbonyl (C=O) groups is 1. The van der Waals surface area contributed by atoms with Gasteiger partial charge in [0, 0.05) is 24.7 Å². The third kappa shape index (κ3) is 6.26. The van der Waals surface area contributed by atoms with E-state index in [1.807, 2.05) is 37.3 Å². The second-order valence-electron chi connectivity index (χ2n) is 6.53. The molecule has 0 saturated heterocycles. The zero-order valence-corrected chi connectivity index (χ0v) is 16.8. The molecule has 0 heterocycles. The second-order valence-corrected chi connectivity index (χ2v) is 6.53. The summed E-state index contributed by atoms with van der Waals surface area (Å²) in [5.41, 5.74) is 4.43. The Morgan fingerprint density at radius 3 is 2.48 bits per heavy atom. The Morgan fingerprint density at radius 1 is 1.11 bits per heavy atom. The van der Waals surface area contributed by atoms with Crippen LogP contribution in [0, 0.1) is 6.92 Å². The van der Waals surface area contributed by atoms with Gasteiger partial charge in [0.1, 0.15) is 5.75 Å². The summed E-state index contributed by atoms with van der Waals surface area (Å²) < 4.78 is 5.35. The van der Waals surface area contributed by atoms with Gasteiger partial charge in [-0.05, 0) is 49.3 Å². The van der Waals surface area contributed by atoms with Crippen molar-refractivity contribution >= 4 is 12.0 Å². The molecule has 4 heteroatoms. The van der Waals surface area contributed by atoms with E-state index in [4.69, 9.17) is 4.74 Å². The molecule has 0 aliphatic heterocycles. The summed E-state index contributed by atoms with van der Waals surface area (Å²) in [6.45, 7) is 9.79. The monoisotopic (exact) mass is 366 g/mol. The molecule has 2 aromatic carbocycles. The molecule has 0 unspecified atom stereocenters. The first kappa shape index (κ1) is 20.7. The predicted octanol–water partition coefficient (Wildman–Crippen LogP) is 4.18. The van der Waals surface area contributed by atoms with Gasteiger partial charge < -0.3 is 10.1 Å². The molecule has 144 valence electrons. The zero-order valence-electron chi connectivity index (χ0n) is 16.8. The van der Waals surface area contributed by atoms with Gasteiger partial charge in [-0.25, -0.2) is 0 Å². The molecule has 4 nitrogen and oxygen atoms in total. The van der Waals surface area contributed by atoms with Gasteiger partial charge in [0.15, 0.2) is 0 Å². The number of amides is 1. The van der Waals surface area contributed by atoms with Gasteiger partial charge in [0.2, 0.25) is 5.91 Å². The van der Waals surface area contributed by atoms with Gasteiger partial charge in [0.05, 0.1) is 7.11 Å². The molecule has 0 aromatic heterocycles. The van der Waals surface area contributed by atoms with E-state index in [1.54, 1.807) is 19.3 Å². The first-order valence-electron chi connectivity index (χ1n) is 9.47. The summed E-state index contributed by atoms with van der Waals surface area (Å²) in [5.74, 6) is 0.644. The van der Waals surface area contributed by atoms with Crippen LogP contribution in [0.15, 0.2) is 48.5 Å². The lowest BCUT2D eigenvalue weighted by Gasteiger charge is -2.20. The zero-order chi connectivity index (χ0) is 19.6. The van der Waals surface area contributed by atoms with Crippen LogP contribution in [0.2, 0.25) is 0 Å². The van der Waals surface area contributed by atoms with Crippen LogP contribution in [0.1, 0.15) is 36.1 Å². The molecule has 0 spiro atoms. The van der Waals surface area contributed by atoms with E-state index in [-0.39, 0.29) is 5.91 Å². The Kier molecular flexibility index (Phi) is 8.08. The summed E-state index contributed by atoms with van der Waals surface area (Å²) in [7, 11) is 1.63. The van der Waals surface area contributed by atoms with Crippen molar-refractivity contribution < 1.29 is 9.53 Å². The van der Waals surface area contributed by atoms with E-state index in [0.29, 0.717) is 6.54 Å². The second kappa shape index (κ2) is 10.5. The molecule has 0 aliphatic carbocycles. The Bertz CT molecular complexity index is 780. The maximum atomic E-state index is 12.3. The fraction of sp³-hybridized carbons (Fsp3) is 0.348. The van der Waals surface area contributed by atoms with Crippen molar-refractivity contribution in [2.75, 3.05) is 20.2 Å². The molecule has 0 saturated carbocycles. The van der Waals surface area contributed by atoms with Crippen molar-refractivity contribution in [1.82, 2.24) is 10.2 Å². The quantitative estimate of drug-likeness (QED) is 0.677. The molecule has 0 atom stereocenters. The number of methoxy groups -OCH3 is 1. The highest BCUT2D eigenvalue weighted by Crippen LogP contribution is 2.21. The number of ether oxygens (including phenoxy) is 1. The first-order valence-corrected chi connectivity index (χ1v) is 9.47. The smallest absolute Gasteiger partial charge is 0.244 e. The number of hydrogen-bond acceptors (Lipinski definition) is 3. The number of aryl methyl sites for hydroxylation is 1. The van der Waals surface area contributed by atoms with Crippen molar-refractivity contribution in [3.8, 4) is 5.75 Å². The number of nitrogens with one attached hydrogen (secondary N) is 1. The number of rotatable bonds is 9. The van der Waals surface area contributed by atoms with Crippen LogP contribution in [0.4, 0.5) is 0 Å². The normalized spacial score (nSPS) is 11.1. The maximum absolute atomic E-state index is 12.3. The van der Waals surface area contributed by atoms with E-state index in [0.717, 1.165) is 42.1 Å². The van der Waals surface area contributed by atoms with Crippen molar-refractivity contribution in [1.29, 1.82) is 0 Å². The first-order chi connectivity index (χ1) is 13.1. The summed E-state index contributed by atoms with van der Waals surface area (Å²) >= 11 is 0. The van der Waals surface area contributed by atoms with Crippen LogP contribution < -0.4 is 10.1 Å². The van der Waals surface area contributed by atoms with E-state index in [2.05, 4.69) is 36.2 Å². The van der Waals surface area contributed by atoms with Crippen LogP contribution in [0.5, 0.6) is 5.75 Å². The predicted molar refractivity (Wildman–Crippen MR) is 112 cm³/mol. The van der Waals surface area contributed by atoms with Crippen molar-refractivity contribution in [2.24, 2.45) is 0 Å². The number of carbonyl (C=O) groups excluding carboxylic acids is 1. The van der Waals surface area contributed by atoms with Crippen LogP contribution in [0.3, 0.4) is 0 Å². The highest BCUT2D eigenvalue weighted by molar-refractivity contribution is 5.92. The van der Waals surface area contributed by atoms with Crippen LogP contribution in [0.25, 0.3) is 6.08 Å². The number of benzene rings is 2. The fourth-order valence-electron chi connectivity index (χ4n) is 2.96. The largest absolute Gasteiger partial charge is 0.496 e. The van der Waals surface area contributed by atoms with Gasteiger partial charge in [-0.15, -0.1) is 0 Å². The molecule has 0 bridgehead atoms. The lowest BCUT2D eigenvalue weighted by Crippen LogP contribution is -2.25. The Morgan fingerprint density at radius 2 is 1.81 bits per heavy atom. The topological polar surface area (TPSA) is 41.6 Å². The maximum Gasteiger partial charge on any atom is 0.244 e. The molecule has 0 fully saturated rings. The molecule has 2 aromatic rings. The van der Waals surface area contributed by atoms with Gasteiger partial charge >= 0.3 is 0 Å². The summed E-state index contributed by atoms with van der Waals surface area (Å²) in [5, 5.41) is 2.99. The summed E-state index contributed by atoms with van der Waals surface area (Å²) in [6.07, 6.45) is 3.35. The average Bonchev–Trinajstić information content (AvgIpc) is 2.69. The van der Waals surface area contributed by atoms with Gasteiger partial charge in [-0.3, -0.25) is 9.69 Å². The standard InChI is InChI=1S/C23H30N2O2/c1-5-25(6-2)17-21-10-8-7-9-20(21)16-24-23(26)14-12-19-15-18(3)11-13-22(19)27-4/h7-15H,5-6,16-17H2,1-4H3,(H,24,26)/b14-12+. The van der Waals surface area contributed by atoms with Crippen molar-refractivity contribution in [3.05, 3.63) is 70.8 Å². The molecule has 2 rings (SSSR count). The van der Waals surface area contributed by atoms with Crippen LogP contribution in [-0.2, 0) is 17.9 Å². The van der Waals surface area contributed by atoms with Gasteiger partial charge in [-0.2, -0.15) is 0 Å². The number of nitrogens with zero attached hydrogens (tertiary/aromatic N) is 1. The van der Waals surface area contributed by atoms with E-state index in [1.165, 1.54) is 5.56 Å². The van der Waals surface area contributed by atoms with Crippen LogP contribution >= 0.6 is 0 Å². The lowest BCUT2D eigenvalue weighted by molar-refractivity contribution is -0.116. The lowest BCUT2D eigenvalue weighted by atomic mass is 10.1. The molecule has 27 heavy (non-hydrogen) atoms. The highest BCUT2D eigenvalue weighted by Gasteiger charge is 2.07. The number of hydrogen-bond donors (Lipinski definition) is 1. The Balaban J connectivity index is 2.01.